The molecule has 0 spiro atoms. The van der Waals surface area contributed by atoms with Crippen LogP contribution in [0.3, 0.4) is 0 Å². The molecule has 0 aliphatic heterocycles. The molecule has 0 fully saturated rings. The van der Waals surface area contributed by atoms with Crippen molar-refractivity contribution in [2.24, 2.45) is 5.92 Å². The average molecular weight is 236 g/mol. The third-order valence-corrected chi connectivity index (χ3v) is 3.12. The second-order valence-electron chi connectivity index (χ2n) is 4.75. The number of hydrogen-bond acceptors (Lipinski definition) is 3. The van der Waals surface area contributed by atoms with E-state index in [4.69, 9.17) is 10.5 Å². The summed E-state index contributed by atoms with van der Waals surface area (Å²) in [7, 11) is 1.66. The molecule has 2 atom stereocenters. The molecule has 0 radical (unpaired) electrons. The molecule has 3 N–H and O–H groups in total. The van der Waals surface area contributed by atoms with E-state index in [9.17, 15) is 0 Å². The highest BCUT2D eigenvalue weighted by atomic mass is 16.5. The van der Waals surface area contributed by atoms with Gasteiger partial charge >= 0.3 is 0 Å². The zero-order chi connectivity index (χ0) is 12.8. The van der Waals surface area contributed by atoms with Crippen LogP contribution >= 0.6 is 0 Å². The molecule has 0 aliphatic rings. The van der Waals surface area contributed by atoms with Crippen LogP contribution in [0.1, 0.15) is 33.6 Å². The number of nitrogens with one attached hydrogen (secondary N) is 1. The number of nitrogen functional groups attached to an aromatic ring is 1. The van der Waals surface area contributed by atoms with Crippen molar-refractivity contribution in [2.75, 3.05) is 18.2 Å². The predicted octanol–water partition coefficient (Wildman–Crippen LogP) is 3.51. The maximum atomic E-state index is 5.94. The van der Waals surface area contributed by atoms with Crippen LogP contribution in [-0.4, -0.2) is 13.2 Å². The first-order chi connectivity index (χ1) is 8.06. The number of ether oxygens (including phenoxy) is 1. The number of anilines is 2. The minimum Gasteiger partial charge on any atom is -0.497 e. The Morgan fingerprint density at radius 3 is 2.65 bits per heavy atom. The van der Waals surface area contributed by atoms with Crippen LogP contribution in [0.15, 0.2) is 18.2 Å². The fourth-order valence-electron chi connectivity index (χ4n) is 1.88. The molecule has 0 saturated carbocycles. The van der Waals surface area contributed by atoms with E-state index in [1.807, 2.05) is 18.2 Å². The molecule has 17 heavy (non-hydrogen) atoms. The molecule has 0 aliphatic carbocycles. The lowest BCUT2D eigenvalue weighted by Crippen LogP contribution is -2.19. The zero-order valence-corrected chi connectivity index (χ0v) is 11.3. The van der Waals surface area contributed by atoms with Gasteiger partial charge in [0.15, 0.2) is 0 Å². The van der Waals surface area contributed by atoms with Gasteiger partial charge in [0.05, 0.1) is 18.5 Å². The van der Waals surface area contributed by atoms with Crippen molar-refractivity contribution in [2.45, 2.75) is 39.7 Å². The molecule has 3 heteroatoms. The van der Waals surface area contributed by atoms with Gasteiger partial charge in [-0.1, -0.05) is 20.3 Å². The molecule has 3 nitrogen and oxygen atoms in total. The molecular formula is C14H24N2O. The molecule has 1 aromatic carbocycles. The minimum absolute atomic E-state index is 0.416. The molecule has 96 valence electrons. The maximum Gasteiger partial charge on any atom is 0.121 e. The Hall–Kier alpha value is -1.38. The van der Waals surface area contributed by atoms with Gasteiger partial charge in [-0.05, 0) is 31.4 Å². The second-order valence-corrected chi connectivity index (χ2v) is 4.75. The summed E-state index contributed by atoms with van der Waals surface area (Å²) in [6.07, 6.45) is 2.35. The van der Waals surface area contributed by atoms with Gasteiger partial charge in [-0.25, -0.2) is 0 Å². The van der Waals surface area contributed by atoms with Crippen LogP contribution < -0.4 is 15.8 Å². The minimum atomic E-state index is 0.416. The van der Waals surface area contributed by atoms with Crippen LogP contribution in [0, 0.1) is 5.92 Å². The monoisotopic (exact) mass is 236 g/mol. The lowest BCUT2D eigenvalue weighted by atomic mass is 10.00. The summed E-state index contributed by atoms with van der Waals surface area (Å²) in [4.78, 5) is 0. The molecule has 2 unspecified atom stereocenters. The Labute approximate surface area is 104 Å². The molecule has 0 saturated heterocycles. The van der Waals surface area contributed by atoms with Crippen molar-refractivity contribution >= 4 is 11.4 Å². The number of hydrogen-bond donors (Lipinski definition) is 2. The molecule has 1 aromatic rings. The average Bonchev–Trinajstić information content (AvgIpc) is 2.31. The summed E-state index contributed by atoms with van der Waals surface area (Å²) in [5.74, 6) is 1.56. The van der Waals surface area contributed by atoms with E-state index in [1.165, 1.54) is 6.42 Å². The van der Waals surface area contributed by atoms with Crippen molar-refractivity contribution in [3.63, 3.8) is 0 Å². The highest BCUT2D eigenvalue weighted by Crippen LogP contribution is 2.26. The van der Waals surface area contributed by atoms with Gasteiger partial charge in [0.25, 0.3) is 0 Å². The van der Waals surface area contributed by atoms with Gasteiger partial charge in [0.2, 0.25) is 0 Å². The highest BCUT2D eigenvalue weighted by molar-refractivity contribution is 5.68. The lowest BCUT2D eigenvalue weighted by Gasteiger charge is -2.20. The molecule has 0 bridgehead atoms. The molecule has 1 rings (SSSR count). The van der Waals surface area contributed by atoms with Crippen molar-refractivity contribution < 1.29 is 4.74 Å². The van der Waals surface area contributed by atoms with Gasteiger partial charge in [0, 0.05) is 12.1 Å². The van der Waals surface area contributed by atoms with Gasteiger partial charge in [-0.15, -0.1) is 0 Å². The van der Waals surface area contributed by atoms with E-state index in [1.54, 1.807) is 7.11 Å². The van der Waals surface area contributed by atoms with Crippen LogP contribution in [0.2, 0.25) is 0 Å². The van der Waals surface area contributed by atoms with Gasteiger partial charge in [-0.3, -0.25) is 0 Å². The van der Waals surface area contributed by atoms with Crippen LogP contribution in [-0.2, 0) is 0 Å². The summed E-state index contributed by atoms with van der Waals surface area (Å²) in [5.41, 5.74) is 7.66. The Bertz CT molecular complexity index is 352. The maximum absolute atomic E-state index is 5.94. The zero-order valence-electron chi connectivity index (χ0n) is 11.3. The standard InChI is InChI=1S/C14H24N2O/c1-5-10(2)8-11(3)16-14-9-12(17-4)6-7-13(14)15/h6-7,9-11,16H,5,8,15H2,1-4H3. The molecule has 0 aromatic heterocycles. The first-order valence-corrected chi connectivity index (χ1v) is 6.26. The van der Waals surface area contributed by atoms with E-state index >= 15 is 0 Å². The second kappa shape index (κ2) is 6.38. The molecule has 0 amide bonds. The highest BCUT2D eigenvalue weighted by Gasteiger charge is 2.09. The normalized spacial score (nSPS) is 14.1. The third-order valence-electron chi connectivity index (χ3n) is 3.12. The fraction of sp³-hybridized carbons (Fsp3) is 0.571. The largest absolute Gasteiger partial charge is 0.497 e. The van der Waals surface area contributed by atoms with Crippen molar-refractivity contribution in [1.29, 1.82) is 0 Å². The van der Waals surface area contributed by atoms with Gasteiger partial charge in [-0.2, -0.15) is 0 Å². The first kappa shape index (κ1) is 13.7. The Kier molecular flexibility index (Phi) is 5.13. The fourth-order valence-corrected chi connectivity index (χ4v) is 1.88. The van der Waals surface area contributed by atoms with E-state index in [0.717, 1.165) is 29.5 Å². The number of nitrogens with two attached hydrogens (primary N) is 1. The Balaban J connectivity index is 2.66. The third kappa shape index (κ3) is 4.17. The Morgan fingerprint density at radius 2 is 2.06 bits per heavy atom. The predicted molar refractivity (Wildman–Crippen MR) is 74.6 cm³/mol. The SMILES string of the molecule is CCC(C)CC(C)Nc1cc(OC)ccc1N. The number of rotatable bonds is 6. The van der Waals surface area contributed by atoms with E-state index in [2.05, 4.69) is 26.1 Å². The lowest BCUT2D eigenvalue weighted by molar-refractivity contribution is 0.415. The van der Waals surface area contributed by atoms with Crippen molar-refractivity contribution in [3.05, 3.63) is 18.2 Å². The van der Waals surface area contributed by atoms with Crippen molar-refractivity contribution in [1.82, 2.24) is 0 Å². The summed E-state index contributed by atoms with van der Waals surface area (Å²) >= 11 is 0. The van der Waals surface area contributed by atoms with Gasteiger partial charge < -0.3 is 15.8 Å². The van der Waals surface area contributed by atoms with Crippen LogP contribution in [0.25, 0.3) is 0 Å². The number of benzene rings is 1. The van der Waals surface area contributed by atoms with E-state index < -0.39 is 0 Å². The smallest absolute Gasteiger partial charge is 0.121 e. The Morgan fingerprint density at radius 1 is 1.35 bits per heavy atom. The first-order valence-electron chi connectivity index (χ1n) is 6.26. The quantitative estimate of drug-likeness (QED) is 0.743. The molecule has 0 heterocycles. The van der Waals surface area contributed by atoms with E-state index in [-0.39, 0.29) is 0 Å². The number of methoxy groups -OCH3 is 1. The topological polar surface area (TPSA) is 47.3 Å². The summed E-state index contributed by atoms with van der Waals surface area (Å²) in [6, 6.07) is 6.11. The van der Waals surface area contributed by atoms with E-state index in [0.29, 0.717) is 6.04 Å². The van der Waals surface area contributed by atoms with Crippen molar-refractivity contribution in [3.8, 4) is 5.75 Å². The van der Waals surface area contributed by atoms with Crippen LogP contribution in [0.4, 0.5) is 11.4 Å². The summed E-state index contributed by atoms with van der Waals surface area (Å²) in [6.45, 7) is 6.68. The van der Waals surface area contributed by atoms with Crippen LogP contribution in [0.5, 0.6) is 5.75 Å². The molecular weight excluding hydrogens is 212 g/mol. The summed E-state index contributed by atoms with van der Waals surface area (Å²) in [5, 5.41) is 3.45. The van der Waals surface area contributed by atoms with Gasteiger partial charge in [0.1, 0.15) is 5.75 Å². The summed E-state index contributed by atoms with van der Waals surface area (Å²) < 4.78 is 5.20.